The molecule has 1 unspecified atom stereocenters. The number of halogens is 2. The van der Waals surface area contributed by atoms with Crippen LogP contribution in [0.4, 0.5) is 8.78 Å². The molecule has 1 N–H and O–H groups in total. The summed E-state index contributed by atoms with van der Waals surface area (Å²) in [5, 5.41) is 0. The van der Waals surface area contributed by atoms with E-state index in [1.54, 1.807) is 12.3 Å². The van der Waals surface area contributed by atoms with Gasteiger partial charge in [0.25, 0.3) is 0 Å². The number of benzene rings is 1. The number of hydrogen-bond donors (Lipinski definition) is 1. The predicted molar refractivity (Wildman–Crippen MR) is 70.4 cm³/mol. The molecule has 2 rings (SSSR count). The molecule has 5 heteroatoms. The van der Waals surface area contributed by atoms with E-state index in [1.165, 1.54) is 13.0 Å². The van der Waals surface area contributed by atoms with E-state index in [9.17, 15) is 13.6 Å². The van der Waals surface area contributed by atoms with E-state index in [0.717, 1.165) is 24.1 Å². The van der Waals surface area contributed by atoms with Crippen LogP contribution in [0, 0.1) is 11.6 Å². The monoisotopic (exact) mass is 279 g/mol. The van der Waals surface area contributed by atoms with E-state index in [2.05, 4.69) is 4.98 Å². The molecule has 0 amide bonds. The van der Waals surface area contributed by atoms with Crippen molar-refractivity contribution in [1.82, 2.24) is 4.98 Å². The Morgan fingerprint density at radius 3 is 2.55 bits per heavy atom. The van der Waals surface area contributed by atoms with Crippen molar-refractivity contribution in [2.24, 2.45) is 0 Å². The minimum Gasteiger partial charge on any atom is -0.453 e. The first-order chi connectivity index (χ1) is 9.52. The molecule has 0 aliphatic carbocycles. The van der Waals surface area contributed by atoms with Crippen LogP contribution < -0.4 is 0 Å². The van der Waals surface area contributed by atoms with Crippen molar-refractivity contribution in [2.75, 3.05) is 0 Å². The number of aryl methyl sites for hydroxylation is 1. The number of aromatic nitrogens is 1. The highest BCUT2D eigenvalue weighted by molar-refractivity contribution is 5.87. The number of hydrogen-bond acceptors (Lipinski definition) is 2. The highest BCUT2D eigenvalue weighted by Gasteiger charge is 2.21. The van der Waals surface area contributed by atoms with E-state index in [-0.39, 0.29) is 11.3 Å². The zero-order chi connectivity index (χ0) is 14.7. The van der Waals surface area contributed by atoms with Crippen molar-refractivity contribution < 1.29 is 18.3 Å². The Balaban J connectivity index is 2.15. The lowest BCUT2D eigenvalue weighted by atomic mass is 10.1. The molecule has 0 saturated carbocycles. The van der Waals surface area contributed by atoms with Crippen molar-refractivity contribution in [2.45, 2.75) is 26.4 Å². The molecule has 1 aromatic carbocycles. The number of carbonyl (C=O) groups is 1. The van der Waals surface area contributed by atoms with Gasteiger partial charge in [-0.2, -0.15) is 0 Å². The molecule has 0 saturated heterocycles. The summed E-state index contributed by atoms with van der Waals surface area (Å²) in [6, 6.07) is 5.19. The zero-order valence-corrected chi connectivity index (χ0v) is 11.2. The van der Waals surface area contributed by atoms with Crippen molar-refractivity contribution >= 4 is 5.97 Å². The average molecular weight is 279 g/mol. The van der Waals surface area contributed by atoms with E-state index in [4.69, 9.17) is 4.74 Å². The number of nitrogens with one attached hydrogen (secondary N) is 1. The zero-order valence-electron chi connectivity index (χ0n) is 11.2. The van der Waals surface area contributed by atoms with E-state index >= 15 is 0 Å². The van der Waals surface area contributed by atoms with Gasteiger partial charge in [0.15, 0.2) is 0 Å². The molecule has 20 heavy (non-hydrogen) atoms. The summed E-state index contributed by atoms with van der Waals surface area (Å²) in [5.41, 5.74) is 0.982. The number of carbonyl (C=O) groups excluding carboxylic acids is 1. The van der Waals surface area contributed by atoms with Crippen molar-refractivity contribution in [3.05, 3.63) is 58.9 Å². The van der Waals surface area contributed by atoms with Gasteiger partial charge in [0.05, 0.1) is 5.56 Å². The van der Waals surface area contributed by atoms with Crippen molar-refractivity contribution in [3.8, 4) is 0 Å². The number of rotatable bonds is 4. The van der Waals surface area contributed by atoms with Gasteiger partial charge < -0.3 is 9.72 Å². The van der Waals surface area contributed by atoms with Gasteiger partial charge in [-0.25, -0.2) is 13.6 Å². The van der Waals surface area contributed by atoms with E-state index in [1.807, 2.05) is 6.92 Å². The number of aromatic amines is 1. The Labute approximate surface area is 115 Å². The van der Waals surface area contributed by atoms with Crippen LogP contribution in [0.2, 0.25) is 0 Å². The van der Waals surface area contributed by atoms with Crippen LogP contribution >= 0.6 is 0 Å². The van der Waals surface area contributed by atoms with Gasteiger partial charge in [-0.1, -0.05) is 13.0 Å². The summed E-state index contributed by atoms with van der Waals surface area (Å²) in [5.74, 6) is -2.10. The molecule has 1 atom stereocenters. The number of ether oxygens (including phenoxy) is 1. The molecule has 0 aliphatic rings. The quantitative estimate of drug-likeness (QED) is 0.865. The van der Waals surface area contributed by atoms with Crippen molar-refractivity contribution in [1.29, 1.82) is 0 Å². The summed E-state index contributed by atoms with van der Waals surface area (Å²) in [6.07, 6.45) is 1.48. The SMILES string of the molecule is CCc1c[nH]c(C(=O)OC(C)c2c(F)cccc2F)c1. The summed E-state index contributed by atoms with van der Waals surface area (Å²) in [4.78, 5) is 14.7. The van der Waals surface area contributed by atoms with Gasteiger partial charge in [-0.15, -0.1) is 0 Å². The number of H-pyrrole nitrogens is 1. The van der Waals surface area contributed by atoms with Crippen molar-refractivity contribution in [3.63, 3.8) is 0 Å². The topological polar surface area (TPSA) is 42.1 Å². The molecule has 0 aliphatic heterocycles. The standard InChI is InChI=1S/C15H15F2NO2/c1-3-10-7-13(18-8-10)15(19)20-9(2)14-11(16)5-4-6-12(14)17/h4-9,18H,3H2,1-2H3. The summed E-state index contributed by atoms with van der Waals surface area (Å²) < 4.78 is 32.2. The molecule has 0 bridgehead atoms. The first-order valence-electron chi connectivity index (χ1n) is 6.35. The molecule has 2 aromatic rings. The maximum absolute atomic E-state index is 13.6. The Bertz CT molecular complexity index is 602. The highest BCUT2D eigenvalue weighted by Crippen LogP contribution is 2.24. The number of esters is 1. The van der Waals surface area contributed by atoms with Crippen LogP contribution in [-0.2, 0) is 11.2 Å². The summed E-state index contributed by atoms with van der Waals surface area (Å²) in [7, 11) is 0. The molecule has 0 radical (unpaired) electrons. The third-order valence-electron chi connectivity index (χ3n) is 3.06. The second kappa shape index (κ2) is 5.86. The Hall–Kier alpha value is -2.17. The van der Waals surface area contributed by atoms with Crippen LogP contribution in [0.15, 0.2) is 30.5 Å². The van der Waals surface area contributed by atoms with Gasteiger partial charge in [-0.3, -0.25) is 0 Å². The van der Waals surface area contributed by atoms with E-state index in [0.29, 0.717) is 0 Å². The molecule has 0 fully saturated rings. The molecule has 1 aromatic heterocycles. The smallest absolute Gasteiger partial charge is 0.355 e. The molecule has 106 valence electrons. The van der Waals surface area contributed by atoms with Gasteiger partial charge in [-0.05, 0) is 37.1 Å². The highest BCUT2D eigenvalue weighted by atomic mass is 19.1. The van der Waals surface area contributed by atoms with Crippen LogP contribution in [0.25, 0.3) is 0 Å². The van der Waals surface area contributed by atoms with E-state index < -0.39 is 23.7 Å². The van der Waals surface area contributed by atoms with Crippen LogP contribution in [-0.4, -0.2) is 11.0 Å². The lowest BCUT2D eigenvalue weighted by molar-refractivity contribution is 0.0318. The Kier molecular flexibility index (Phi) is 4.17. The second-order valence-electron chi connectivity index (χ2n) is 4.46. The lowest BCUT2D eigenvalue weighted by Gasteiger charge is -2.14. The molecule has 0 spiro atoms. The molecule has 3 nitrogen and oxygen atoms in total. The maximum Gasteiger partial charge on any atom is 0.355 e. The normalized spacial score (nSPS) is 12.2. The average Bonchev–Trinajstić information content (AvgIpc) is 2.87. The fourth-order valence-corrected chi connectivity index (χ4v) is 1.94. The molecular weight excluding hydrogens is 264 g/mol. The van der Waals surface area contributed by atoms with Crippen LogP contribution in [0.1, 0.15) is 41.6 Å². The van der Waals surface area contributed by atoms with Gasteiger partial charge in [0, 0.05) is 6.20 Å². The van der Waals surface area contributed by atoms with Gasteiger partial charge in [0.2, 0.25) is 0 Å². The first kappa shape index (κ1) is 14.2. The van der Waals surface area contributed by atoms with Crippen LogP contribution in [0.5, 0.6) is 0 Å². The third-order valence-corrected chi connectivity index (χ3v) is 3.06. The first-order valence-corrected chi connectivity index (χ1v) is 6.35. The second-order valence-corrected chi connectivity index (χ2v) is 4.46. The van der Waals surface area contributed by atoms with Gasteiger partial charge >= 0.3 is 5.97 Å². The fraction of sp³-hybridized carbons (Fsp3) is 0.267. The van der Waals surface area contributed by atoms with Crippen LogP contribution in [0.3, 0.4) is 0 Å². The minimum absolute atomic E-state index is 0.247. The third kappa shape index (κ3) is 2.87. The summed E-state index contributed by atoms with van der Waals surface area (Å²) >= 11 is 0. The Morgan fingerprint density at radius 1 is 1.35 bits per heavy atom. The lowest BCUT2D eigenvalue weighted by Crippen LogP contribution is -2.12. The molecule has 1 heterocycles. The summed E-state index contributed by atoms with van der Waals surface area (Å²) in [6.45, 7) is 3.39. The fourth-order valence-electron chi connectivity index (χ4n) is 1.94. The minimum atomic E-state index is -1.00. The van der Waals surface area contributed by atoms with Gasteiger partial charge in [0.1, 0.15) is 23.4 Å². The molecular formula is C15H15F2NO2. The Morgan fingerprint density at radius 2 is 2.00 bits per heavy atom. The predicted octanol–water partition coefficient (Wildman–Crippen LogP) is 3.77. The maximum atomic E-state index is 13.6. The largest absolute Gasteiger partial charge is 0.453 e.